The van der Waals surface area contributed by atoms with Gasteiger partial charge in [-0.3, -0.25) is 4.90 Å². The number of rotatable bonds is 0. The van der Waals surface area contributed by atoms with Gasteiger partial charge in [-0.05, 0) is 48.1 Å². The van der Waals surface area contributed by atoms with Crippen LogP contribution in [0.4, 0.5) is 0 Å². The maximum absolute atomic E-state index is 5.55. The van der Waals surface area contributed by atoms with E-state index in [4.69, 9.17) is 9.47 Å². The second kappa shape index (κ2) is 3.54. The first-order valence-corrected chi connectivity index (χ1v) is 7.26. The van der Waals surface area contributed by atoms with Crippen LogP contribution < -0.4 is 9.47 Å². The van der Waals surface area contributed by atoms with Crippen LogP contribution in [0.1, 0.15) is 36.3 Å². The summed E-state index contributed by atoms with van der Waals surface area (Å²) in [6.07, 6.45) is 6.44. The summed E-state index contributed by atoms with van der Waals surface area (Å²) < 4.78 is 11.1. The lowest BCUT2D eigenvalue weighted by molar-refractivity contribution is 0.174. The Morgan fingerprint density at radius 3 is 3.00 bits per heavy atom. The van der Waals surface area contributed by atoms with Crippen molar-refractivity contribution in [3.8, 4) is 11.5 Å². The smallest absolute Gasteiger partial charge is 0.231 e. The van der Waals surface area contributed by atoms with E-state index in [2.05, 4.69) is 23.1 Å². The maximum atomic E-state index is 5.55. The summed E-state index contributed by atoms with van der Waals surface area (Å²) in [7, 11) is 0. The second-order valence-electron chi connectivity index (χ2n) is 6.04. The van der Waals surface area contributed by atoms with Crippen molar-refractivity contribution in [1.82, 2.24) is 4.90 Å². The number of allylic oxidation sites excluding steroid dienone is 1. The van der Waals surface area contributed by atoms with Gasteiger partial charge in [0.05, 0.1) is 0 Å². The van der Waals surface area contributed by atoms with Crippen LogP contribution in [0.3, 0.4) is 0 Å². The van der Waals surface area contributed by atoms with Crippen molar-refractivity contribution in [2.75, 3.05) is 13.3 Å². The number of ether oxygens (including phenoxy) is 2. The van der Waals surface area contributed by atoms with Gasteiger partial charge in [-0.25, -0.2) is 0 Å². The molecule has 3 aliphatic heterocycles. The predicted octanol–water partition coefficient (Wildman–Crippen LogP) is 2.81. The summed E-state index contributed by atoms with van der Waals surface area (Å²) >= 11 is 0. The molecule has 5 rings (SSSR count). The van der Waals surface area contributed by atoms with Crippen molar-refractivity contribution >= 4 is 0 Å². The summed E-state index contributed by atoms with van der Waals surface area (Å²) in [6.45, 7) is 2.64. The Morgan fingerprint density at radius 1 is 1.16 bits per heavy atom. The molecule has 1 unspecified atom stereocenters. The molecule has 1 fully saturated rings. The molecule has 0 spiro atoms. The van der Waals surface area contributed by atoms with Crippen LogP contribution in [0.25, 0.3) is 0 Å². The topological polar surface area (TPSA) is 21.7 Å². The van der Waals surface area contributed by atoms with Crippen molar-refractivity contribution in [2.45, 2.75) is 37.8 Å². The third-order valence-electron chi connectivity index (χ3n) is 5.09. The molecule has 1 saturated heterocycles. The molecule has 0 radical (unpaired) electrons. The second-order valence-corrected chi connectivity index (χ2v) is 6.04. The molecule has 0 aromatic heterocycles. The van der Waals surface area contributed by atoms with Crippen LogP contribution in [-0.4, -0.2) is 24.3 Å². The van der Waals surface area contributed by atoms with Crippen LogP contribution in [0.15, 0.2) is 23.8 Å². The van der Waals surface area contributed by atoms with Crippen LogP contribution >= 0.6 is 0 Å². The van der Waals surface area contributed by atoms with Gasteiger partial charge in [0.25, 0.3) is 0 Å². The molecule has 0 saturated carbocycles. The lowest BCUT2D eigenvalue weighted by atomic mass is 9.84. The molecule has 1 aromatic rings. The summed E-state index contributed by atoms with van der Waals surface area (Å²) in [6, 6.07) is 5.13. The molecule has 4 aliphatic rings. The van der Waals surface area contributed by atoms with Crippen molar-refractivity contribution in [2.24, 2.45) is 0 Å². The highest BCUT2D eigenvalue weighted by Crippen LogP contribution is 2.49. The minimum Gasteiger partial charge on any atom is -0.454 e. The third kappa shape index (κ3) is 1.31. The average molecular weight is 255 g/mol. The van der Waals surface area contributed by atoms with E-state index in [0.717, 1.165) is 18.0 Å². The normalized spacial score (nSPS) is 33.7. The Kier molecular flexibility index (Phi) is 1.92. The third-order valence-corrected chi connectivity index (χ3v) is 5.09. The zero-order valence-electron chi connectivity index (χ0n) is 10.9. The molecule has 98 valence electrons. The number of hydrogen-bond acceptors (Lipinski definition) is 3. The van der Waals surface area contributed by atoms with E-state index in [1.54, 1.807) is 5.57 Å². The number of nitrogens with zero attached hydrogens (tertiary/aromatic N) is 1. The van der Waals surface area contributed by atoms with E-state index in [1.165, 1.54) is 36.9 Å². The van der Waals surface area contributed by atoms with Gasteiger partial charge in [0, 0.05) is 25.0 Å². The monoisotopic (exact) mass is 255 g/mol. The van der Waals surface area contributed by atoms with Gasteiger partial charge in [0.1, 0.15) is 0 Å². The minimum atomic E-state index is 0.373. The molecule has 3 nitrogen and oxygen atoms in total. The van der Waals surface area contributed by atoms with Crippen LogP contribution in [0.5, 0.6) is 11.5 Å². The van der Waals surface area contributed by atoms with E-state index in [-0.39, 0.29) is 0 Å². The molecule has 3 heterocycles. The SMILES string of the molecule is C1=C2[C@H]3CN(Cc4cc5c(cc43)OCO5)[C@@H]2CCC1. The molecule has 2 bridgehead atoms. The van der Waals surface area contributed by atoms with Gasteiger partial charge >= 0.3 is 0 Å². The molecule has 3 heteroatoms. The zero-order valence-corrected chi connectivity index (χ0v) is 10.9. The molecule has 1 aliphatic carbocycles. The van der Waals surface area contributed by atoms with Crippen molar-refractivity contribution in [1.29, 1.82) is 0 Å². The highest BCUT2D eigenvalue weighted by atomic mass is 16.7. The predicted molar refractivity (Wildman–Crippen MR) is 71.4 cm³/mol. The van der Waals surface area contributed by atoms with Crippen LogP contribution in [-0.2, 0) is 6.54 Å². The summed E-state index contributed by atoms with van der Waals surface area (Å²) in [4.78, 5) is 2.65. The highest BCUT2D eigenvalue weighted by Gasteiger charge is 2.43. The van der Waals surface area contributed by atoms with E-state index in [1.807, 2.05) is 0 Å². The standard InChI is InChI=1S/C16H17NO2/c1-2-4-14-11(3-1)13-8-17(14)7-10-5-15-16(6-12(10)13)19-9-18-15/h3,5-6,13-14H,1-2,4,7-9H2/t13-,14-/m1/s1. The summed E-state index contributed by atoms with van der Waals surface area (Å²) in [5.41, 5.74) is 4.59. The van der Waals surface area contributed by atoms with Gasteiger partial charge in [-0.1, -0.05) is 6.08 Å². The molecule has 0 N–H and O–H groups in total. The Hall–Kier alpha value is -1.48. The van der Waals surface area contributed by atoms with Crippen LogP contribution in [0.2, 0.25) is 0 Å². The van der Waals surface area contributed by atoms with Gasteiger partial charge in [0.2, 0.25) is 6.79 Å². The van der Waals surface area contributed by atoms with Crippen molar-refractivity contribution < 1.29 is 9.47 Å². The molecular formula is C16H17NO2. The lowest BCUT2D eigenvalue weighted by Crippen LogP contribution is -2.31. The Labute approximate surface area is 112 Å². The molecule has 1 aromatic carbocycles. The average Bonchev–Trinajstić information content (AvgIpc) is 3.01. The highest BCUT2D eigenvalue weighted by molar-refractivity contribution is 5.54. The Morgan fingerprint density at radius 2 is 2.05 bits per heavy atom. The van der Waals surface area contributed by atoms with E-state index < -0.39 is 0 Å². The summed E-state index contributed by atoms with van der Waals surface area (Å²) in [5.74, 6) is 2.47. The maximum Gasteiger partial charge on any atom is 0.231 e. The lowest BCUT2D eigenvalue weighted by Gasteiger charge is -2.28. The fraction of sp³-hybridized carbons (Fsp3) is 0.500. The van der Waals surface area contributed by atoms with E-state index >= 15 is 0 Å². The van der Waals surface area contributed by atoms with E-state index in [9.17, 15) is 0 Å². The number of hydrogen-bond donors (Lipinski definition) is 0. The number of fused-ring (bicyclic) bond motifs is 8. The van der Waals surface area contributed by atoms with Crippen LogP contribution in [0, 0.1) is 0 Å². The first-order valence-electron chi connectivity index (χ1n) is 7.26. The Balaban J connectivity index is 1.67. The minimum absolute atomic E-state index is 0.373. The molecule has 0 amide bonds. The zero-order chi connectivity index (χ0) is 12.4. The van der Waals surface area contributed by atoms with Crippen molar-refractivity contribution in [3.63, 3.8) is 0 Å². The number of benzene rings is 1. The van der Waals surface area contributed by atoms with E-state index in [0.29, 0.717) is 18.8 Å². The largest absolute Gasteiger partial charge is 0.454 e. The quantitative estimate of drug-likeness (QED) is 0.665. The Bertz CT molecular complexity index is 593. The molecule has 19 heavy (non-hydrogen) atoms. The van der Waals surface area contributed by atoms with Gasteiger partial charge < -0.3 is 9.47 Å². The molecule has 3 atom stereocenters. The van der Waals surface area contributed by atoms with Crippen molar-refractivity contribution in [3.05, 3.63) is 34.9 Å². The first kappa shape index (κ1) is 10.3. The fourth-order valence-corrected chi connectivity index (χ4v) is 4.25. The van der Waals surface area contributed by atoms with Gasteiger partial charge in [0.15, 0.2) is 11.5 Å². The van der Waals surface area contributed by atoms with Gasteiger partial charge in [-0.15, -0.1) is 0 Å². The molecular weight excluding hydrogens is 238 g/mol. The van der Waals surface area contributed by atoms with Gasteiger partial charge in [-0.2, -0.15) is 0 Å². The fourth-order valence-electron chi connectivity index (χ4n) is 4.25. The first-order chi connectivity index (χ1) is 9.40. The summed E-state index contributed by atoms with van der Waals surface area (Å²) in [5, 5.41) is 0.